The number of amidine groups is 1. The van der Waals surface area contributed by atoms with Gasteiger partial charge in [0.2, 0.25) is 0 Å². The molecule has 2 aliphatic rings. The summed E-state index contributed by atoms with van der Waals surface area (Å²) in [7, 11) is 0. The van der Waals surface area contributed by atoms with Crippen LogP contribution in [0.1, 0.15) is 5.56 Å². The van der Waals surface area contributed by atoms with Crippen molar-refractivity contribution < 1.29 is 0 Å². The zero-order chi connectivity index (χ0) is 15.6. The van der Waals surface area contributed by atoms with Crippen molar-refractivity contribution in [3.8, 4) is 6.07 Å². The lowest BCUT2D eigenvalue weighted by atomic mass is 10.0. The van der Waals surface area contributed by atoms with Gasteiger partial charge in [-0.3, -0.25) is 9.89 Å². The summed E-state index contributed by atoms with van der Waals surface area (Å²) in [6.07, 6.45) is 8.63. The van der Waals surface area contributed by atoms with Crippen molar-refractivity contribution in [2.45, 2.75) is 0 Å². The van der Waals surface area contributed by atoms with Gasteiger partial charge in [-0.25, -0.2) is 4.99 Å². The molecule has 0 aliphatic carbocycles. The van der Waals surface area contributed by atoms with Crippen LogP contribution in [0.15, 0.2) is 82.7 Å². The molecule has 0 saturated carbocycles. The molecule has 4 nitrogen and oxygen atoms in total. The smallest absolute Gasteiger partial charge is 0.156 e. The van der Waals surface area contributed by atoms with Crippen LogP contribution < -0.4 is 0 Å². The molecule has 2 heterocycles. The molecule has 0 radical (unpaired) electrons. The molecule has 4 heteroatoms. The summed E-state index contributed by atoms with van der Waals surface area (Å²) in [5, 5.41) is 11.4. The second kappa shape index (κ2) is 5.39. The fourth-order valence-corrected chi connectivity index (χ4v) is 2.78. The van der Waals surface area contributed by atoms with Crippen LogP contribution in [0.5, 0.6) is 0 Å². The Morgan fingerprint density at radius 1 is 1.09 bits per heavy atom. The van der Waals surface area contributed by atoms with Crippen molar-refractivity contribution >= 4 is 28.5 Å². The Morgan fingerprint density at radius 3 is 2.87 bits per heavy atom. The molecule has 108 valence electrons. The maximum absolute atomic E-state index is 9.06. The minimum atomic E-state index is 0.708. The van der Waals surface area contributed by atoms with E-state index in [1.54, 1.807) is 18.6 Å². The number of rotatable bonds is 1. The minimum Gasteiger partial charge on any atom is -0.298 e. The molecule has 4 rings (SSSR count). The van der Waals surface area contributed by atoms with Gasteiger partial charge in [0.25, 0.3) is 0 Å². The molecule has 0 saturated heterocycles. The number of allylic oxidation sites excluding steroid dienone is 2. The van der Waals surface area contributed by atoms with E-state index in [-0.39, 0.29) is 0 Å². The zero-order valence-electron chi connectivity index (χ0n) is 12.2. The van der Waals surface area contributed by atoms with Crippen molar-refractivity contribution in [1.82, 2.24) is 4.90 Å². The highest BCUT2D eigenvalue weighted by Gasteiger charge is 2.20. The molecule has 0 unspecified atom stereocenters. The van der Waals surface area contributed by atoms with E-state index in [1.165, 1.54) is 6.08 Å². The van der Waals surface area contributed by atoms with E-state index in [4.69, 9.17) is 10.3 Å². The molecule has 0 bridgehead atoms. The molecule has 0 aromatic heterocycles. The lowest BCUT2D eigenvalue weighted by molar-refractivity contribution is 0.711. The first-order valence-electron chi connectivity index (χ1n) is 7.24. The summed E-state index contributed by atoms with van der Waals surface area (Å²) in [6, 6.07) is 16.5. The molecule has 2 aliphatic heterocycles. The third-order valence-electron chi connectivity index (χ3n) is 3.81. The molecular formula is C19H12N4. The normalized spacial score (nSPS) is 17.7. The van der Waals surface area contributed by atoms with Gasteiger partial charge in [-0.15, -0.1) is 0 Å². The second-order valence-electron chi connectivity index (χ2n) is 5.17. The van der Waals surface area contributed by atoms with Gasteiger partial charge in [0.1, 0.15) is 0 Å². The van der Waals surface area contributed by atoms with Crippen LogP contribution >= 0.6 is 0 Å². The fraction of sp³-hybridized carbons (Fsp3) is 0. The fourth-order valence-electron chi connectivity index (χ4n) is 2.78. The summed E-state index contributed by atoms with van der Waals surface area (Å²) in [4.78, 5) is 10.7. The van der Waals surface area contributed by atoms with Crippen LogP contribution in [-0.2, 0) is 0 Å². The van der Waals surface area contributed by atoms with E-state index in [2.05, 4.69) is 29.3 Å². The lowest BCUT2D eigenvalue weighted by Crippen LogP contribution is -2.29. The Labute approximate surface area is 133 Å². The van der Waals surface area contributed by atoms with Gasteiger partial charge in [0.15, 0.2) is 5.84 Å². The Bertz CT molecular complexity index is 979. The van der Waals surface area contributed by atoms with Gasteiger partial charge < -0.3 is 0 Å². The number of fused-ring (bicyclic) bond motifs is 2. The Morgan fingerprint density at radius 2 is 1.96 bits per heavy atom. The number of aliphatic imine (C=N–C) groups is 2. The molecule has 2 aromatic rings. The third-order valence-corrected chi connectivity index (χ3v) is 3.81. The Balaban J connectivity index is 1.93. The number of nitrogens with zero attached hydrogens (tertiary/aromatic N) is 4. The summed E-state index contributed by atoms with van der Waals surface area (Å²) in [5.41, 5.74) is 2.65. The summed E-state index contributed by atoms with van der Waals surface area (Å²) in [6.45, 7) is 0. The summed E-state index contributed by atoms with van der Waals surface area (Å²) in [5.74, 6) is 0.708. The molecule has 0 atom stereocenters. The van der Waals surface area contributed by atoms with Crippen molar-refractivity contribution in [2.75, 3.05) is 0 Å². The van der Waals surface area contributed by atoms with Gasteiger partial charge in [-0.2, -0.15) is 5.26 Å². The first-order valence-corrected chi connectivity index (χ1v) is 7.24. The maximum atomic E-state index is 9.06. The zero-order valence-corrected chi connectivity index (χ0v) is 12.2. The Hall–Kier alpha value is -3.45. The minimum absolute atomic E-state index is 0.708. The van der Waals surface area contributed by atoms with Crippen molar-refractivity contribution in [3.05, 3.63) is 78.3 Å². The van der Waals surface area contributed by atoms with Crippen LogP contribution in [0, 0.1) is 11.3 Å². The predicted molar refractivity (Wildman–Crippen MR) is 92.5 cm³/mol. The van der Waals surface area contributed by atoms with E-state index in [9.17, 15) is 0 Å². The second-order valence-corrected chi connectivity index (χ2v) is 5.17. The summed E-state index contributed by atoms with van der Waals surface area (Å²) >= 11 is 0. The van der Waals surface area contributed by atoms with E-state index in [0.717, 1.165) is 27.7 Å². The van der Waals surface area contributed by atoms with E-state index in [0.29, 0.717) is 5.84 Å². The molecule has 2 aromatic carbocycles. The topological polar surface area (TPSA) is 51.8 Å². The van der Waals surface area contributed by atoms with Gasteiger partial charge in [0.05, 0.1) is 23.7 Å². The van der Waals surface area contributed by atoms with Crippen LogP contribution in [-0.4, -0.2) is 17.0 Å². The molecule has 0 N–H and O–H groups in total. The van der Waals surface area contributed by atoms with Crippen LogP contribution in [0.25, 0.3) is 16.5 Å². The van der Waals surface area contributed by atoms with E-state index in [1.807, 2.05) is 35.2 Å². The van der Waals surface area contributed by atoms with Crippen molar-refractivity contribution in [3.63, 3.8) is 0 Å². The number of hydrogen-bond acceptors (Lipinski definition) is 4. The molecule has 0 fully saturated rings. The first-order chi connectivity index (χ1) is 11.4. The molecule has 0 amide bonds. The largest absolute Gasteiger partial charge is 0.298 e. The maximum Gasteiger partial charge on any atom is 0.156 e. The average Bonchev–Trinajstić information content (AvgIpc) is 2.61. The Kier molecular flexibility index (Phi) is 3.10. The lowest BCUT2D eigenvalue weighted by Gasteiger charge is -2.26. The van der Waals surface area contributed by atoms with Gasteiger partial charge in [-0.05, 0) is 16.8 Å². The van der Waals surface area contributed by atoms with E-state index < -0.39 is 0 Å². The van der Waals surface area contributed by atoms with Gasteiger partial charge in [-0.1, -0.05) is 42.5 Å². The van der Waals surface area contributed by atoms with Crippen LogP contribution in [0.4, 0.5) is 0 Å². The van der Waals surface area contributed by atoms with Crippen molar-refractivity contribution in [1.29, 1.82) is 5.26 Å². The first kappa shape index (κ1) is 13.2. The van der Waals surface area contributed by atoms with Crippen LogP contribution in [0.3, 0.4) is 0 Å². The molecule has 23 heavy (non-hydrogen) atoms. The average molecular weight is 296 g/mol. The highest BCUT2D eigenvalue weighted by atomic mass is 15.2. The molecule has 0 spiro atoms. The standard InChI is InChI=1S/C19H12N4/c20-9-8-15-12-18(22-19-13-21-10-11-23(15)19)17-7-3-5-14-4-1-2-6-16(14)17/h1-8,10-13H/b15-8-. The molecular weight excluding hydrogens is 284 g/mol. The van der Waals surface area contributed by atoms with E-state index >= 15 is 0 Å². The van der Waals surface area contributed by atoms with Gasteiger partial charge in [0, 0.05) is 24.0 Å². The van der Waals surface area contributed by atoms with Crippen LogP contribution in [0.2, 0.25) is 0 Å². The highest BCUT2D eigenvalue weighted by Crippen LogP contribution is 2.31. The van der Waals surface area contributed by atoms with Gasteiger partial charge >= 0.3 is 0 Å². The number of hydrogen-bond donors (Lipinski definition) is 0. The predicted octanol–water partition coefficient (Wildman–Crippen LogP) is 3.86. The highest BCUT2D eigenvalue weighted by molar-refractivity contribution is 6.32. The number of nitriles is 1. The monoisotopic (exact) mass is 296 g/mol. The summed E-state index contributed by atoms with van der Waals surface area (Å²) < 4.78 is 0. The third kappa shape index (κ3) is 2.25. The number of benzene rings is 2. The quantitative estimate of drug-likeness (QED) is 0.750. The van der Waals surface area contributed by atoms with Crippen molar-refractivity contribution in [2.24, 2.45) is 9.98 Å². The SMILES string of the molecule is N#C/C=C1/C=C(c2cccc3ccccc23)N=C2C=NC=CN21.